The fraction of sp³-hybridized carbons (Fsp3) is 0.267. The first-order valence-corrected chi connectivity index (χ1v) is 6.70. The molecule has 1 aromatic heterocycles. The molecule has 0 atom stereocenters. The van der Waals surface area contributed by atoms with Gasteiger partial charge in [-0.1, -0.05) is 20.4 Å². The number of H-pyrrole nitrogens is 1. The van der Waals surface area contributed by atoms with Gasteiger partial charge in [0.15, 0.2) is 5.82 Å². The van der Waals surface area contributed by atoms with Crippen molar-refractivity contribution in [2.75, 3.05) is 12.8 Å². The highest BCUT2D eigenvalue weighted by Gasteiger charge is 2.10. The number of nitrogens with two attached hydrogens (primary N) is 1. The van der Waals surface area contributed by atoms with Crippen molar-refractivity contribution >= 4 is 11.4 Å². The van der Waals surface area contributed by atoms with Crippen LogP contribution in [0.3, 0.4) is 0 Å². The Hall–Kier alpha value is -2.63. The van der Waals surface area contributed by atoms with Crippen LogP contribution in [-0.4, -0.2) is 32.1 Å². The van der Waals surface area contributed by atoms with Gasteiger partial charge in [-0.3, -0.25) is 5.10 Å². The van der Waals surface area contributed by atoms with Crippen LogP contribution in [0.25, 0.3) is 5.57 Å². The molecule has 0 unspecified atom stereocenters. The van der Waals surface area contributed by atoms with Crippen LogP contribution >= 0.6 is 0 Å². The largest absolute Gasteiger partial charge is 0.383 e. The number of rotatable bonds is 2. The zero-order valence-corrected chi connectivity index (χ0v) is 12.5. The maximum absolute atomic E-state index is 6.10. The number of nitrogens with one attached hydrogen (secondary N) is 1. The topological polar surface area (TPSA) is 83.7 Å². The number of anilines is 1. The SMILES string of the molecule is C=C1C=C(c2ncn[nH]cc(C(C)C)c(N)n2)C=CN1C. The molecular weight excluding hydrogens is 264 g/mol. The summed E-state index contributed by atoms with van der Waals surface area (Å²) in [6.07, 6.45) is 8.90. The minimum atomic E-state index is 0.229. The zero-order chi connectivity index (χ0) is 15.4. The van der Waals surface area contributed by atoms with E-state index in [-0.39, 0.29) is 5.92 Å². The molecule has 6 nitrogen and oxygen atoms in total. The van der Waals surface area contributed by atoms with Crippen molar-refractivity contribution in [1.82, 2.24) is 25.1 Å². The van der Waals surface area contributed by atoms with Crippen LogP contribution in [0.4, 0.5) is 5.82 Å². The average Bonchev–Trinajstić information content (AvgIpc) is 2.52. The van der Waals surface area contributed by atoms with Gasteiger partial charge >= 0.3 is 0 Å². The highest BCUT2D eigenvalue weighted by atomic mass is 15.1. The summed E-state index contributed by atoms with van der Waals surface area (Å²) < 4.78 is 0. The molecule has 6 heteroatoms. The standard InChI is InChI=1S/C15H20N6/c1-10(2)13-8-18-19-9-17-15(20-14(13)16)12-5-6-21(4)11(3)7-12/h5-10,18H,3H2,1-2,4H3,(H2,16,17,19,20). The molecule has 1 aliphatic heterocycles. The van der Waals surface area contributed by atoms with Crippen LogP contribution in [-0.2, 0) is 0 Å². The number of nitrogens with zero attached hydrogens (tertiary/aromatic N) is 4. The van der Waals surface area contributed by atoms with Crippen molar-refractivity contribution in [2.24, 2.45) is 0 Å². The first kappa shape index (κ1) is 14.8. The lowest BCUT2D eigenvalue weighted by atomic mass is 10.1. The molecular formula is C15H20N6. The second kappa shape index (κ2) is 6.21. The highest BCUT2D eigenvalue weighted by Crippen LogP contribution is 2.22. The van der Waals surface area contributed by atoms with Crippen molar-refractivity contribution in [2.45, 2.75) is 19.8 Å². The summed E-state index contributed by atoms with van der Waals surface area (Å²) in [5.74, 6) is 1.17. The van der Waals surface area contributed by atoms with E-state index in [9.17, 15) is 0 Å². The van der Waals surface area contributed by atoms with Gasteiger partial charge in [0.2, 0.25) is 0 Å². The van der Waals surface area contributed by atoms with Crippen LogP contribution in [0.1, 0.15) is 31.2 Å². The number of hydrogen-bond donors (Lipinski definition) is 2. The molecule has 2 heterocycles. The van der Waals surface area contributed by atoms with Crippen molar-refractivity contribution < 1.29 is 0 Å². The molecule has 0 radical (unpaired) electrons. The molecule has 0 amide bonds. The van der Waals surface area contributed by atoms with E-state index in [1.807, 2.05) is 44.1 Å². The summed E-state index contributed by atoms with van der Waals surface area (Å²) in [4.78, 5) is 10.6. The Morgan fingerprint density at radius 1 is 1.38 bits per heavy atom. The summed E-state index contributed by atoms with van der Waals surface area (Å²) in [5.41, 5.74) is 8.69. The highest BCUT2D eigenvalue weighted by molar-refractivity contribution is 5.73. The molecule has 110 valence electrons. The molecule has 1 aliphatic rings. The van der Waals surface area contributed by atoms with Gasteiger partial charge in [-0.2, -0.15) is 5.10 Å². The van der Waals surface area contributed by atoms with Gasteiger partial charge in [-0.25, -0.2) is 9.97 Å². The maximum atomic E-state index is 6.10. The molecule has 3 N–H and O–H groups in total. The maximum Gasteiger partial charge on any atom is 0.163 e. The number of likely N-dealkylation sites (N-methyl/N-ethyl adjacent to an activating group) is 1. The number of aromatic amines is 1. The summed E-state index contributed by atoms with van der Waals surface area (Å²) in [7, 11) is 1.93. The van der Waals surface area contributed by atoms with E-state index in [1.165, 1.54) is 6.33 Å². The van der Waals surface area contributed by atoms with Crippen molar-refractivity contribution in [1.29, 1.82) is 0 Å². The second-order valence-electron chi connectivity index (χ2n) is 5.10. The monoisotopic (exact) mass is 284 g/mol. The van der Waals surface area contributed by atoms with E-state index < -0.39 is 0 Å². The fourth-order valence-corrected chi connectivity index (χ4v) is 1.86. The van der Waals surface area contributed by atoms with Crippen LogP contribution in [0, 0.1) is 0 Å². The van der Waals surface area contributed by atoms with Gasteiger partial charge in [0.05, 0.1) is 0 Å². The van der Waals surface area contributed by atoms with E-state index in [0.29, 0.717) is 11.6 Å². The van der Waals surface area contributed by atoms with Gasteiger partial charge < -0.3 is 10.6 Å². The number of allylic oxidation sites excluding steroid dienone is 3. The van der Waals surface area contributed by atoms with E-state index in [4.69, 9.17) is 5.73 Å². The third kappa shape index (κ3) is 3.47. The molecule has 0 fully saturated rings. The molecule has 0 aliphatic carbocycles. The van der Waals surface area contributed by atoms with Crippen molar-refractivity contribution in [3.8, 4) is 0 Å². The van der Waals surface area contributed by atoms with Gasteiger partial charge in [0, 0.05) is 36.3 Å². The summed E-state index contributed by atoms with van der Waals surface area (Å²) in [5, 5.41) is 6.79. The number of aromatic nitrogens is 4. The van der Waals surface area contributed by atoms with Crippen molar-refractivity contribution in [3.63, 3.8) is 0 Å². The minimum absolute atomic E-state index is 0.229. The molecule has 0 spiro atoms. The molecule has 1 aromatic rings. The van der Waals surface area contributed by atoms with Crippen LogP contribution < -0.4 is 5.73 Å². The third-order valence-corrected chi connectivity index (χ3v) is 3.19. The predicted molar refractivity (Wildman–Crippen MR) is 84.3 cm³/mol. The van der Waals surface area contributed by atoms with Gasteiger partial charge in [0.25, 0.3) is 0 Å². The predicted octanol–water partition coefficient (Wildman–Crippen LogP) is 2.39. The van der Waals surface area contributed by atoms with E-state index in [0.717, 1.165) is 16.8 Å². The van der Waals surface area contributed by atoms with Gasteiger partial charge in [-0.05, 0) is 18.1 Å². The van der Waals surface area contributed by atoms with E-state index in [2.05, 4.69) is 26.7 Å². The van der Waals surface area contributed by atoms with Crippen LogP contribution in [0.15, 0.2) is 43.2 Å². The number of hydrogen-bond acceptors (Lipinski definition) is 5. The third-order valence-electron chi connectivity index (χ3n) is 3.19. The normalized spacial score (nSPS) is 14.2. The van der Waals surface area contributed by atoms with Gasteiger partial charge in [0.1, 0.15) is 12.1 Å². The van der Waals surface area contributed by atoms with Gasteiger partial charge in [-0.15, -0.1) is 0 Å². The molecule has 2 rings (SSSR count). The fourth-order valence-electron chi connectivity index (χ4n) is 1.86. The molecule has 0 bridgehead atoms. The summed E-state index contributed by atoms with van der Waals surface area (Å²) >= 11 is 0. The smallest absolute Gasteiger partial charge is 0.163 e. The summed E-state index contributed by atoms with van der Waals surface area (Å²) in [6.45, 7) is 8.06. The van der Waals surface area contributed by atoms with Crippen molar-refractivity contribution in [3.05, 3.63) is 54.5 Å². The Kier molecular flexibility index (Phi) is 4.37. The molecule has 0 saturated carbocycles. The molecule has 0 aromatic carbocycles. The molecule has 0 saturated heterocycles. The van der Waals surface area contributed by atoms with Crippen LogP contribution in [0.2, 0.25) is 0 Å². The van der Waals surface area contributed by atoms with E-state index in [1.54, 1.807) is 6.20 Å². The second-order valence-corrected chi connectivity index (χ2v) is 5.10. The zero-order valence-electron chi connectivity index (χ0n) is 12.5. The Morgan fingerprint density at radius 2 is 2.14 bits per heavy atom. The lowest BCUT2D eigenvalue weighted by Crippen LogP contribution is -2.11. The van der Waals surface area contributed by atoms with E-state index >= 15 is 0 Å². The minimum Gasteiger partial charge on any atom is -0.383 e. The Labute approximate surface area is 124 Å². The average molecular weight is 284 g/mol. The lowest BCUT2D eigenvalue weighted by Gasteiger charge is -2.18. The Morgan fingerprint density at radius 3 is 2.81 bits per heavy atom. The first-order valence-electron chi connectivity index (χ1n) is 6.70. The Bertz CT molecular complexity index is 652. The quantitative estimate of drug-likeness (QED) is 0.871. The summed E-state index contributed by atoms with van der Waals surface area (Å²) in [6, 6.07) is 0. The molecule has 21 heavy (non-hydrogen) atoms. The Balaban J connectivity index is 2.58. The lowest BCUT2D eigenvalue weighted by molar-refractivity contribution is 0.588. The first-order chi connectivity index (χ1) is 9.99. The number of nitrogen functional groups attached to an aromatic ring is 1. The van der Waals surface area contributed by atoms with Crippen LogP contribution in [0.5, 0.6) is 0 Å².